The number of anilines is 1. The highest BCUT2D eigenvalue weighted by Gasteiger charge is 2.44. The molecule has 0 radical (unpaired) electrons. The van der Waals surface area contributed by atoms with Gasteiger partial charge < -0.3 is 10.3 Å². The number of benzene rings is 1. The Morgan fingerprint density at radius 1 is 0.938 bits per heavy atom. The van der Waals surface area contributed by atoms with Crippen LogP contribution in [0.2, 0.25) is 0 Å². The van der Waals surface area contributed by atoms with Crippen LogP contribution in [0.15, 0.2) is 64.4 Å². The standard InChI is InChI=1S/C22H20N6O3S/c1-32(29,30)17-6-3-14(4-7-17)19-27-20(28-31-19)22(9-2-10-22)16-5-8-18(24-13-16)15-11-25-21(23)26-12-15/h3-8,11-13H,2,9-10H2,1H3,(H2,23,25,26). The van der Waals surface area contributed by atoms with Gasteiger partial charge in [0.15, 0.2) is 15.7 Å². The normalized spacial score (nSPS) is 15.3. The van der Waals surface area contributed by atoms with E-state index in [0.29, 0.717) is 17.3 Å². The van der Waals surface area contributed by atoms with Gasteiger partial charge in [-0.3, -0.25) is 4.98 Å². The molecule has 0 amide bonds. The van der Waals surface area contributed by atoms with E-state index in [1.165, 1.54) is 18.4 Å². The molecule has 1 aromatic carbocycles. The first-order chi connectivity index (χ1) is 15.3. The van der Waals surface area contributed by atoms with E-state index in [9.17, 15) is 8.42 Å². The van der Waals surface area contributed by atoms with Crippen LogP contribution < -0.4 is 5.73 Å². The summed E-state index contributed by atoms with van der Waals surface area (Å²) >= 11 is 0. The van der Waals surface area contributed by atoms with Crippen LogP contribution in [0.1, 0.15) is 30.7 Å². The van der Waals surface area contributed by atoms with Gasteiger partial charge in [-0.05, 0) is 48.7 Å². The Labute approximate surface area is 184 Å². The number of rotatable bonds is 5. The van der Waals surface area contributed by atoms with Crippen molar-refractivity contribution in [3.8, 4) is 22.7 Å². The van der Waals surface area contributed by atoms with Gasteiger partial charge >= 0.3 is 0 Å². The van der Waals surface area contributed by atoms with Gasteiger partial charge in [-0.2, -0.15) is 4.98 Å². The first-order valence-electron chi connectivity index (χ1n) is 10.0. The molecule has 0 spiro atoms. The predicted octanol–water partition coefficient (Wildman–Crippen LogP) is 3.04. The molecule has 0 aliphatic heterocycles. The summed E-state index contributed by atoms with van der Waals surface area (Å²) in [6.07, 6.45) is 9.14. The van der Waals surface area contributed by atoms with Gasteiger partial charge in [0.05, 0.1) is 16.0 Å². The average Bonchev–Trinajstić information content (AvgIpc) is 3.24. The van der Waals surface area contributed by atoms with Crippen molar-refractivity contribution in [3.63, 3.8) is 0 Å². The van der Waals surface area contributed by atoms with Crippen molar-refractivity contribution in [2.45, 2.75) is 29.6 Å². The zero-order chi connectivity index (χ0) is 22.3. The van der Waals surface area contributed by atoms with Crippen LogP contribution in [0, 0.1) is 0 Å². The Morgan fingerprint density at radius 3 is 2.22 bits per heavy atom. The molecule has 1 aliphatic carbocycles. The smallest absolute Gasteiger partial charge is 0.257 e. The first kappa shape index (κ1) is 20.3. The lowest BCUT2D eigenvalue weighted by Crippen LogP contribution is -2.36. The van der Waals surface area contributed by atoms with Crippen LogP contribution in [0.5, 0.6) is 0 Å². The van der Waals surface area contributed by atoms with E-state index in [4.69, 9.17) is 10.3 Å². The van der Waals surface area contributed by atoms with Crippen LogP contribution in [0.3, 0.4) is 0 Å². The number of sulfone groups is 1. The molecule has 1 fully saturated rings. The summed E-state index contributed by atoms with van der Waals surface area (Å²) in [5.41, 5.74) is 8.43. The van der Waals surface area contributed by atoms with Crippen LogP contribution >= 0.6 is 0 Å². The summed E-state index contributed by atoms with van der Waals surface area (Å²) < 4.78 is 28.9. The topological polar surface area (TPSA) is 138 Å². The number of aromatic nitrogens is 5. The predicted molar refractivity (Wildman–Crippen MR) is 117 cm³/mol. The number of pyridine rings is 1. The van der Waals surface area contributed by atoms with E-state index in [2.05, 4.69) is 25.1 Å². The maximum absolute atomic E-state index is 11.7. The summed E-state index contributed by atoms with van der Waals surface area (Å²) in [5, 5.41) is 4.26. The summed E-state index contributed by atoms with van der Waals surface area (Å²) in [4.78, 5) is 17.5. The molecule has 5 rings (SSSR count). The van der Waals surface area contributed by atoms with Gasteiger partial charge in [0.25, 0.3) is 5.89 Å². The minimum absolute atomic E-state index is 0.220. The molecule has 0 saturated heterocycles. The second-order valence-electron chi connectivity index (χ2n) is 7.92. The largest absolute Gasteiger partial charge is 0.368 e. The third-order valence-electron chi connectivity index (χ3n) is 5.87. The number of hydrogen-bond donors (Lipinski definition) is 1. The second kappa shape index (κ2) is 7.49. The molecular formula is C22H20N6O3S. The van der Waals surface area contributed by atoms with E-state index in [0.717, 1.165) is 36.1 Å². The molecule has 1 saturated carbocycles. The minimum atomic E-state index is -3.26. The highest BCUT2D eigenvalue weighted by molar-refractivity contribution is 7.90. The fourth-order valence-electron chi connectivity index (χ4n) is 3.87. The number of nitrogens with zero attached hydrogens (tertiary/aromatic N) is 5. The summed E-state index contributed by atoms with van der Waals surface area (Å²) in [6.45, 7) is 0. The molecule has 2 N–H and O–H groups in total. The Hall–Kier alpha value is -3.66. The number of nitrogen functional groups attached to an aromatic ring is 1. The Kier molecular flexibility index (Phi) is 4.74. The van der Waals surface area contributed by atoms with Crippen LogP contribution in [-0.2, 0) is 15.3 Å². The minimum Gasteiger partial charge on any atom is -0.368 e. The van der Waals surface area contributed by atoms with Crippen molar-refractivity contribution >= 4 is 15.8 Å². The van der Waals surface area contributed by atoms with Crippen molar-refractivity contribution in [3.05, 3.63) is 66.4 Å². The third-order valence-corrected chi connectivity index (χ3v) is 7.00. The molecule has 0 unspecified atom stereocenters. The van der Waals surface area contributed by atoms with Crippen LogP contribution in [0.25, 0.3) is 22.7 Å². The zero-order valence-electron chi connectivity index (χ0n) is 17.3. The van der Waals surface area contributed by atoms with Gasteiger partial charge in [-0.25, -0.2) is 18.4 Å². The fraction of sp³-hybridized carbons (Fsp3) is 0.227. The molecular weight excluding hydrogens is 428 g/mol. The molecule has 32 heavy (non-hydrogen) atoms. The van der Waals surface area contributed by atoms with Crippen molar-refractivity contribution < 1.29 is 12.9 Å². The molecule has 0 bridgehead atoms. The molecule has 3 heterocycles. The molecule has 10 heteroatoms. The number of nitrogens with two attached hydrogens (primary N) is 1. The lowest BCUT2D eigenvalue weighted by molar-refractivity contribution is 0.272. The molecule has 4 aromatic rings. The quantitative estimate of drug-likeness (QED) is 0.488. The number of hydrogen-bond acceptors (Lipinski definition) is 9. The molecule has 9 nitrogen and oxygen atoms in total. The molecule has 3 aromatic heterocycles. The van der Waals surface area contributed by atoms with Gasteiger partial charge in [-0.1, -0.05) is 17.6 Å². The van der Waals surface area contributed by atoms with Gasteiger partial charge in [-0.15, -0.1) is 0 Å². The molecule has 162 valence electrons. The van der Waals surface area contributed by atoms with Crippen molar-refractivity contribution in [2.75, 3.05) is 12.0 Å². The van der Waals surface area contributed by atoms with Crippen LogP contribution in [-0.4, -0.2) is 39.8 Å². The first-order valence-corrected chi connectivity index (χ1v) is 11.9. The van der Waals surface area contributed by atoms with E-state index < -0.39 is 9.84 Å². The van der Waals surface area contributed by atoms with E-state index in [1.54, 1.807) is 24.5 Å². The van der Waals surface area contributed by atoms with Crippen LogP contribution in [0.4, 0.5) is 5.95 Å². The van der Waals surface area contributed by atoms with Crippen molar-refractivity contribution in [1.82, 2.24) is 25.1 Å². The third kappa shape index (κ3) is 3.52. The second-order valence-corrected chi connectivity index (χ2v) is 9.93. The van der Waals surface area contributed by atoms with E-state index >= 15 is 0 Å². The lowest BCUT2D eigenvalue weighted by atomic mass is 9.64. The summed E-state index contributed by atoms with van der Waals surface area (Å²) in [6, 6.07) is 10.4. The maximum atomic E-state index is 11.7. The molecule has 1 aliphatic rings. The van der Waals surface area contributed by atoms with E-state index in [-0.39, 0.29) is 16.3 Å². The summed E-state index contributed by atoms with van der Waals surface area (Å²) in [7, 11) is -3.26. The highest BCUT2D eigenvalue weighted by atomic mass is 32.2. The molecule has 0 atom stereocenters. The lowest BCUT2D eigenvalue weighted by Gasteiger charge is -2.39. The highest BCUT2D eigenvalue weighted by Crippen LogP contribution is 2.48. The Bertz CT molecular complexity index is 1360. The fourth-order valence-corrected chi connectivity index (χ4v) is 4.50. The van der Waals surface area contributed by atoms with Crippen molar-refractivity contribution in [2.24, 2.45) is 0 Å². The van der Waals surface area contributed by atoms with E-state index in [1.807, 2.05) is 18.3 Å². The Balaban J connectivity index is 1.44. The van der Waals surface area contributed by atoms with Gasteiger partial charge in [0, 0.05) is 36.0 Å². The van der Waals surface area contributed by atoms with Gasteiger partial charge in [0.2, 0.25) is 5.95 Å². The SMILES string of the molecule is CS(=O)(=O)c1ccc(-c2nc(C3(c4ccc(-c5cnc(N)nc5)nc4)CCC3)no2)cc1. The maximum Gasteiger partial charge on any atom is 0.257 e. The monoisotopic (exact) mass is 448 g/mol. The Morgan fingerprint density at radius 2 is 1.66 bits per heavy atom. The van der Waals surface area contributed by atoms with Crippen molar-refractivity contribution in [1.29, 1.82) is 0 Å². The zero-order valence-corrected chi connectivity index (χ0v) is 18.1. The van der Waals surface area contributed by atoms with Gasteiger partial charge in [0.1, 0.15) is 0 Å². The average molecular weight is 449 g/mol. The summed E-state index contributed by atoms with van der Waals surface area (Å²) in [5.74, 6) is 1.18.